The largest absolute Gasteiger partial charge is 0.371 e. The van der Waals surface area contributed by atoms with Crippen LogP contribution in [0, 0.1) is 0 Å². The van der Waals surface area contributed by atoms with Gasteiger partial charge in [0, 0.05) is 0 Å². The lowest BCUT2D eigenvalue weighted by Crippen LogP contribution is -1.90. The highest BCUT2D eigenvalue weighted by atomic mass is 16.3. The average molecular weight is 99.1 g/mol. The maximum Gasteiger partial charge on any atom is 0.151 e. The molecule has 0 fully saturated rings. The molecule has 0 aliphatic rings. The van der Waals surface area contributed by atoms with Crippen LogP contribution in [0.25, 0.3) is 0 Å². The fraction of sp³-hybridized carbons (Fsp3) is 0.600. The normalized spacial score (nSPS) is 11.9. The first-order chi connectivity index (χ1) is 3.27. The zero-order valence-electron chi connectivity index (χ0n) is 4.55. The lowest BCUT2D eigenvalue weighted by atomic mass is 10.7. The van der Waals surface area contributed by atoms with Crippen molar-refractivity contribution >= 4 is 5.87 Å². The molecule has 0 aliphatic heterocycles. The van der Waals surface area contributed by atoms with Gasteiger partial charge in [0.15, 0.2) is 6.23 Å². The lowest BCUT2D eigenvalue weighted by Gasteiger charge is -1.85. The summed E-state index contributed by atoms with van der Waals surface area (Å²) in [5.74, 6) is 2.50. The van der Waals surface area contributed by atoms with Crippen LogP contribution in [0.1, 0.15) is 13.8 Å². The van der Waals surface area contributed by atoms with E-state index in [1.54, 1.807) is 19.9 Å². The van der Waals surface area contributed by atoms with E-state index in [0.717, 1.165) is 0 Å². The average Bonchev–Trinajstić information content (AvgIpc) is 1.61. The Bertz CT molecular complexity index is 90.3. The molecule has 1 unspecified atom stereocenters. The number of hydrogen-bond acceptors (Lipinski definition) is 2. The van der Waals surface area contributed by atoms with E-state index in [1.165, 1.54) is 0 Å². The zero-order valence-corrected chi connectivity index (χ0v) is 4.55. The fourth-order valence-electron chi connectivity index (χ4n) is 0.182. The van der Waals surface area contributed by atoms with E-state index in [-0.39, 0.29) is 0 Å². The van der Waals surface area contributed by atoms with Crippen molar-refractivity contribution < 1.29 is 5.11 Å². The maximum atomic E-state index is 8.43. The highest BCUT2D eigenvalue weighted by Crippen LogP contribution is 1.74. The van der Waals surface area contributed by atoms with Crippen LogP contribution in [-0.4, -0.2) is 17.2 Å². The van der Waals surface area contributed by atoms with E-state index in [9.17, 15) is 0 Å². The van der Waals surface area contributed by atoms with Gasteiger partial charge in [0.2, 0.25) is 0 Å². The molecule has 1 N–H and O–H groups in total. The Labute approximate surface area is 43.2 Å². The number of allylic oxidation sites excluding steroid dienone is 1. The summed E-state index contributed by atoms with van der Waals surface area (Å²) in [4.78, 5) is 3.49. The number of rotatable bonds is 1. The SMILES string of the molecule is CC=C=NC(C)O. The molecule has 0 amide bonds. The van der Waals surface area contributed by atoms with Gasteiger partial charge in [-0.25, -0.2) is 4.99 Å². The van der Waals surface area contributed by atoms with E-state index in [2.05, 4.69) is 10.9 Å². The minimum atomic E-state index is -0.615. The molecule has 2 nitrogen and oxygen atoms in total. The molecule has 40 valence electrons. The molecular weight excluding hydrogens is 90.1 g/mol. The summed E-state index contributed by atoms with van der Waals surface area (Å²) < 4.78 is 0. The van der Waals surface area contributed by atoms with Crippen LogP contribution in [0.4, 0.5) is 0 Å². The summed E-state index contributed by atoms with van der Waals surface area (Å²) >= 11 is 0. The summed E-state index contributed by atoms with van der Waals surface area (Å²) in [6.45, 7) is 3.38. The van der Waals surface area contributed by atoms with Crippen LogP contribution >= 0.6 is 0 Å². The topological polar surface area (TPSA) is 32.6 Å². The predicted octanol–water partition coefficient (Wildman–Crippen LogP) is 0.571. The molecule has 0 aliphatic carbocycles. The summed E-state index contributed by atoms with van der Waals surface area (Å²) in [7, 11) is 0. The van der Waals surface area contributed by atoms with Gasteiger partial charge in [-0.2, -0.15) is 0 Å². The smallest absolute Gasteiger partial charge is 0.151 e. The summed E-state index contributed by atoms with van der Waals surface area (Å²) in [5.41, 5.74) is 0. The van der Waals surface area contributed by atoms with Crippen molar-refractivity contribution in [3.63, 3.8) is 0 Å². The molecule has 0 heterocycles. The maximum absolute atomic E-state index is 8.43. The van der Waals surface area contributed by atoms with E-state index < -0.39 is 6.23 Å². The molecule has 0 aromatic rings. The van der Waals surface area contributed by atoms with Gasteiger partial charge in [-0.15, -0.1) is 0 Å². The van der Waals surface area contributed by atoms with Crippen LogP contribution in [-0.2, 0) is 0 Å². The van der Waals surface area contributed by atoms with Crippen LogP contribution in [0.15, 0.2) is 11.1 Å². The van der Waals surface area contributed by atoms with Gasteiger partial charge >= 0.3 is 0 Å². The summed E-state index contributed by atoms with van der Waals surface area (Å²) in [6.07, 6.45) is 1.03. The van der Waals surface area contributed by atoms with Gasteiger partial charge in [-0.3, -0.25) is 0 Å². The van der Waals surface area contributed by atoms with Crippen molar-refractivity contribution in [1.29, 1.82) is 0 Å². The molecule has 0 saturated heterocycles. The van der Waals surface area contributed by atoms with E-state index >= 15 is 0 Å². The molecule has 0 spiro atoms. The summed E-state index contributed by atoms with van der Waals surface area (Å²) in [6, 6.07) is 0. The number of hydrogen-bond donors (Lipinski definition) is 1. The molecule has 0 bridgehead atoms. The monoisotopic (exact) mass is 99.1 g/mol. The fourth-order valence-corrected chi connectivity index (χ4v) is 0.182. The molecule has 7 heavy (non-hydrogen) atoms. The first-order valence-corrected chi connectivity index (χ1v) is 2.18. The van der Waals surface area contributed by atoms with Crippen molar-refractivity contribution in [2.45, 2.75) is 20.1 Å². The molecule has 1 atom stereocenters. The van der Waals surface area contributed by atoms with Gasteiger partial charge in [-0.05, 0) is 25.8 Å². The highest BCUT2D eigenvalue weighted by Gasteiger charge is 1.78. The van der Waals surface area contributed by atoms with Crippen LogP contribution in [0.5, 0.6) is 0 Å². The van der Waals surface area contributed by atoms with Gasteiger partial charge in [-0.1, -0.05) is 0 Å². The van der Waals surface area contributed by atoms with E-state index in [4.69, 9.17) is 5.11 Å². The first kappa shape index (κ1) is 6.41. The molecule has 0 radical (unpaired) electrons. The van der Waals surface area contributed by atoms with E-state index in [1.807, 2.05) is 0 Å². The molecule has 0 rings (SSSR count). The Morgan fingerprint density at radius 2 is 2.43 bits per heavy atom. The first-order valence-electron chi connectivity index (χ1n) is 2.18. The third-order valence-electron chi connectivity index (χ3n) is 0.390. The Kier molecular flexibility index (Phi) is 3.29. The van der Waals surface area contributed by atoms with Crippen LogP contribution in [0.3, 0.4) is 0 Å². The molecule has 0 aromatic carbocycles. The van der Waals surface area contributed by atoms with Gasteiger partial charge in [0.05, 0.1) is 0 Å². The molecule has 2 heteroatoms. The third kappa shape index (κ3) is 5.41. The van der Waals surface area contributed by atoms with E-state index in [0.29, 0.717) is 0 Å². The van der Waals surface area contributed by atoms with Crippen molar-refractivity contribution in [3.8, 4) is 0 Å². The van der Waals surface area contributed by atoms with Gasteiger partial charge < -0.3 is 5.11 Å². The second kappa shape index (κ2) is 3.59. The Hall–Kier alpha value is -0.590. The molecular formula is C5H9NO. The number of nitrogens with zero attached hydrogens (tertiary/aromatic N) is 1. The van der Waals surface area contributed by atoms with Crippen molar-refractivity contribution in [3.05, 3.63) is 6.08 Å². The minimum absolute atomic E-state index is 0.615. The van der Waals surface area contributed by atoms with Crippen molar-refractivity contribution in [2.24, 2.45) is 4.99 Å². The highest BCUT2D eigenvalue weighted by molar-refractivity contribution is 5.50. The number of aliphatic hydroxyl groups is 1. The van der Waals surface area contributed by atoms with Crippen LogP contribution < -0.4 is 0 Å². The Morgan fingerprint density at radius 1 is 1.86 bits per heavy atom. The van der Waals surface area contributed by atoms with Crippen LogP contribution in [0.2, 0.25) is 0 Å². The predicted molar refractivity (Wildman–Crippen MR) is 29.4 cm³/mol. The van der Waals surface area contributed by atoms with Gasteiger partial charge in [0.1, 0.15) is 0 Å². The Morgan fingerprint density at radius 3 is 2.57 bits per heavy atom. The number of aliphatic imine (C=N–C) groups is 1. The van der Waals surface area contributed by atoms with Crippen molar-refractivity contribution in [1.82, 2.24) is 0 Å². The lowest BCUT2D eigenvalue weighted by molar-refractivity contribution is 0.206. The second-order valence-corrected chi connectivity index (χ2v) is 1.18. The van der Waals surface area contributed by atoms with Crippen molar-refractivity contribution in [2.75, 3.05) is 0 Å². The third-order valence-corrected chi connectivity index (χ3v) is 0.390. The summed E-state index contributed by atoms with van der Waals surface area (Å²) in [5, 5.41) is 8.43. The number of aliphatic hydroxyl groups excluding tert-OH is 1. The molecule has 0 saturated carbocycles. The van der Waals surface area contributed by atoms with Gasteiger partial charge in [0.25, 0.3) is 0 Å². The molecule has 0 aromatic heterocycles. The Balaban J connectivity index is 3.46. The standard InChI is InChI=1S/C5H9NO/c1-3-4-6-5(2)7/h3,5,7H,1-2H3. The minimum Gasteiger partial charge on any atom is -0.371 e. The second-order valence-electron chi connectivity index (χ2n) is 1.18. The zero-order chi connectivity index (χ0) is 5.70. The quantitative estimate of drug-likeness (QED) is 0.479.